The third-order valence-electron chi connectivity index (χ3n) is 6.32. The van der Waals surface area contributed by atoms with Crippen molar-refractivity contribution in [1.29, 1.82) is 0 Å². The number of ether oxygens (including phenoxy) is 2. The number of H-pyrrole nitrogens is 1. The van der Waals surface area contributed by atoms with Crippen molar-refractivity contribution in [2.75, 3.05) is 38.8 Å². The second-order valence-corrected chi connectivity index (χ2v) is 10.6. The molecule has 2 heterocycles. The molecule has 1 aromatic heterocycles. The molecule has 1 atom stereocenters. The molecule has 0 spiro atoms. The van der Waals surface area contributed by atoms with E-state index in [1.807, 2.05) is 43.4 Å². The Labute approximate surface area is 205 Å². The van der Waals surface area contributed by atoms with Gasteiger partial charge in [-0.2, -0.15) is 0 Å². The molecule has 4 aromatic rings. The van der Waals surface area contributed by atoms with E-state index >= 15 is 0 Å². The fraction of sp³-hybridized carbons (Fsp3) is 0.259. The number of anilines is 1. The molecule has 0 radical (unpaired) electrons. The van der Waals surface area contributed by atoms with Crippen LogP contribution in [0, 0.1) is 0 Å². The highest BCUT2D eigenvalue weighted by atomic mass is 32.2. The van der Waals surface area contributed by atoms with Crippen molar-refractivity contribution in [2.24, 2.45) is 0 Å². The molecule has 0 fully saturated rings. The van der Waals surface area contributed by atoms with Crippen LogP contribution in [-0.2, 0) is 10.0 Å². The maximum absolute atomic E-state index is 13.3. The number of fused-ring (bicyclic) bond motifs is 2. The fourth-order valence-electron chi connectivity index (χ4n) is 4.38. The number of rotatable bonds is 7. The molecular weight excluding hydrogens is 462 g/mol. The minimum Gasteiger partial charge on any atom is -0.490 e. The summed E-state index contributed by atoms with van der Waals surface area (Å²) in [5, 5.41) is 1.07. The maximum atomic E-state index is 13.3. The predicted molar refractivity (Wildman–Crippen MR) is 138 cm³/mol. The van der Waals surface area contributed by atoms with E-state index < -0.39 is 10.0 Å². The molecule has 5 rings (SSSR count). The van der Waals surface area contributed by atoms with Crippen LogP contribution in [0.2, 0.25) is 0 Å². The van der Waals surface area contributed by atoms with Gasteiger partial charge in [0.05, 0.1) is 18.1 Å². The van der Waals surface area contributed by atoms with Crippen molar-refractivity contribution in [3.8, 4) is 11.5 Å². The number of hydrogen-bond donors (Lipinski definition) is 2. The van der Waals surface area contributed by atoms with Crippen molar-refractivity contribution in [1.82, 2.24) is 9.71 Å². The Kier molecular flexibility index (Phi) is 6.40. The molecule has 7 nitrogen and oxygen atoms in total. The average molecular weight is 492 g/mol. The molecule has 35 heavy (non-hydrogen) atoms. The van der Waals surface area contributed by atoms with Crippen molar-refractivity contribution in [3.63, 3.8) is 0 Å². The van der Waals surface area contributed by atoms with Gasteiger partial charge in [0.1, 0.15) is 0 Å². The number of nitrogens with zero attached hydrogens (tertiary/aromatic N) is 1. The van der Waals surface area contributed by atoms with Crippen LogP contribution in [-0.4, -0.2) is 47.3 Å². The van der Waals surface area contributed by atoms with Crippen LogP contribution in [0.4, 0.5) is 5.69 Å². The van der Waals surface area contributed by atoms with Crippen LogP contribution >= 0.6 is 0 Å². The topological polar surface area (TPSA) is 83.7 Å². The first-order chi connectivity index (χ1) is 16.9. The molecule has 182 valence electrons. The van der Waals surface area contributed by atoms with Crippen LogP contribution in [0.3, 0.4) is 0 Å². The zero-order valence-electron chi connectivity index (χ0n) is 19.8. The van der Waals surface area contributed by atoms with Crippen LogP contribution in [0.5, 0.6) is 11.5 Å². The van der Waals surface area contributed by atoms with Gasteiger partial charge in [-0.15, -0.1) is 0 Å². The largest absolute Gasteiger partial charge is 0.490 e. The van der Waals surface area contributed by atoms with Crippen LogP contribution in [0.25, 0.3) is 10.9 Å². The lowest BCUT2D eigenvalue weighted by atomic mass is 9.91. The molecule has 2 N–H and O–H groups in total. The highest BCUT2D eigenvalue weighted by molar-refractivity contribution is 7.89. The maximum Gasteiger partial charge on any atom is 0.240 e. The molecule has 0 aliphatic carbocycles. The number of para-hydroxylation sites is 1. The smallest absolute Gasteiger partial charge is 0.240 e. The van der Waals surface area contributed by atoms with Crippen molar-refractivity contribution >= 4 is 26.6 Å². The summed E-state index contributed by atoms with van der Waals surface area (Å²) in [6.07, 6.45) is 2.73. The van der Waals surface area contributed by atoms with Crippen LogP contribution in [0.15, 0.2) is 77.8 Å². The Balaban J connectivity index is 1.46. The summed E-state index contributed by atoms with van der Waals surface area (Å²) in [5.74, 6) is 0.842. The van der Waals surface area contributed by atoms with Gasteiger partial charge < -0.3 is 19.4 Å². The summed E-state index contributed by atoms with van der Waals surface area (Å²) in [5.41, 5.74) is 4.17. The van der Waals surface area contributed by atoms with Gasteiger partial charge in [0.15, 0.2) is 11.5 Å². The first-order valence-electron chi connectivity index (χ1n) is 11.6. The zero-order valence-corrected chi connectivity index (χ0v) is 20.6. The summed E-state index contributed by atoms with van der Waals surface area (Å²) >= 11 is 0. The standard InChI is InChI=1S/C27H29N3O4S/c1-30(2)20-10-8-19(9-11-20)23(24-17-28-25-7-4-3-6-22(24)25)18-29-35(31,32)21-12-13-26-27(16-21)34-15-5-14-33-26/h3-4,6-13,16-17,23,28-29H,5,14-15,18H2,1-2H3. The van der Waals surface area contributed by atoms with Crippen molar-refractivity contribution < 1.29 is 17.9 Å². The molecule has 8 heteroatoms. The summed E-state index contributed by atoms with van der Waals surface area (Å²) < 4.78 is 40.8. The first kappa shape index (κ1) is 23.3. The Morgan fingerprint density at radius 2 is 1.71 bits per heavy atom. The summed E-state index contributed by atoms with van der Waals surface area (Å²) in [4.78, 5) is 5.52. The van der Waals surface area contributed by atoms with E-state index in [-0.39, 0.29) is 17.4 Å². The molecule has 3 aromatic carbocycles. The third-order valence-corrected chi connectivity index (χ3v) is 7.74. The highest BCUT2D eigenvalue weighted by Gasteiger charge is 2.23. The third kappa shape index (κ3) is 4.85. The Morgan fingerprint density at radius 1 is 0.971 bits per heavy atom. The normalized spacial score (nSPS) is 14.5. The Hall–Kier alpha value is -3.49. The summed E-state index contributed by atoms with van der Waals surface area (Å²) in [6.45, 7) is 1.26. The van der Waals surface area contributed by atoms with Gasteiger partial charge in [0, 0.05) is 61.8 Å². The minimum atomic E-state index is -3.78. The quantitative estimate of drug-likeness (QED) is 0.398. The second kappa shape index (κ2) is 9.64. The average Bonchev–Trinajstić information content (AvgIpc) is 3.14. The number of hydrogen-bond acceptors (Lipinski definition) is 5. The molecule has 0 saturated heterocycles. The minimum absolute atomic E-state index is 0.155. The van der Waals surface area contributed by atoms with Gasteiger partial charge in [-0.1, -0.05) is 30.3 Å². The van der Waals surface area contributed by atoms with Gasteiger partial charge in [-0.25, -0.2) is 13.1 Å². The molecule has 0 saturated carbocycles. The molecular formula is C27H29N3O4S. The van der Waals surface area contributed by atoms with Crippen LogP contribution in [0.1, 0.15) is 23.5 Å². The number of nitrogens with one attached hydrogen (secondary N) is 2. The van der Waals surface area contributed by atoms with E-state index in [1.54, 1.807) is 12.1 Å². The van der Waals surface area contributed by atoms with Gasteiger partial charge in [-0.3, -0.25) is 0 Å². The predicted octanol–water partition coefficient (Wildman–Crippen LogP) is 4.51. The van der Waals surface area contributed by atoms with Gasteiger partial charge in [0.2, 0.25) is 10.0 Å². The lowest BCUT2D eigenvalue weighted by Gasteiger charge is -2.20. The fourth-order valence-corrected chi connectivity index (χ4v) is 5.44. The van der Waals surface area contributed by atoms with Gasteiger partial charge in [-0.05, 0) is 41.5 Å². The van der Waals surface area contributed by atoms with Gasteiger partial charge in [0.25, 0.3) is 0 Å². The lowest BCUT2D eigenvalue weighted by molar-refractivity contribution is 0.297. The first-order valence-corrected chi connectivity index (χ1v) is 13.1. The van der Waals surface area contributed by atoms with E-state index in [9.17, 15) is 8.42 Å². The highest BCUT2D eigenvalue weighted by Crippen LogP contribution is 2.34. The van der Waals surface area contributed by atoms with Crippen molar-refractivity contribution in [2.45, 2.75) is 17.2 Å². The van der Waals surface area contributed by atoms with Crippen LogP contribution < -0.4 is 19.1 Å². The van der Waals surface area contributed by atoms with E-state index in [1.165, 1.54) is 6.07 Å². The van der Waals surface area contributed by atoms with E-state index in [0.29, 0.717) is 24.7 Å². The number of benzene rings is 3. The summed E-state index contributed by atoms with van der Waals surface area (Å²) in [7, 11) is 0.213. The van der Waals surface area contributed by atoms with Crippen molar-refractivity contribution in [3.05, 3.63) is 84.1 Å². The van der Waals surface area contributed by atoms with E-state index in [2.05, 4.69) is 40.0 Å². The zero-order chi connectivity index (χ0) is 24.4. The second-order valence-electron chi connectivity index (χ2n) is 8.84. The summed E-state index contributed by atoms with van der Waals surface area (Å²) in [6, 6.07) is 21.0. The molecule has 1 aliphatic rings. The number of aromatic nitrogens is 1. The Morgan fingerprint density at radius 3 is 2.49 bits per heavy atom. The number of sulfonamides is 1. The number of aromatic amines is 1. The van der Waals surface area contributed by atoms with Gasteiger partial charge >= 0.3 is 0 Å². The molecule has 0 amide bonds. The SMILES string of the molecule is CN(C)c1ccc(C(CNS(=O)(=O)c2ccc3c(c2)OCCCO3)c2c[nH]c3ccccc23)cc1. The molecule has 1 unspecified atom stereocenters. The molecule has 0 bridgehead atoms. The monoisotopic (exact) mass is 491 g/mol. The Bertz CT molecular complexity index is 1430. The molecule has 1 aliphatic heterocycles. The lowest BCUT2D eigenvalue weighted by Crippen LogP contribution is -2.29. The van der Waals surface area contributed by atoms with E-state index in [0.717, 1.165) is 34.1 Å². The van der Waals surface area contributed by atoms with E-state index in [4.69, 9.17) is 9.47 Å².